The van der Waals surface area contributed by atoms with Gasteiger partial charge in [0.15, 0.2) is 11.5 Å². The Labute approximate surface area is 229 Å². The van der Waals surface area contributed by atoms with Crippen LogP contribution in [-0.4, -0.2) is 47.1 Å². The van der Waals surface area contributed by atoms with Crippen LogP contribution in [0.2, 0.25) is 0 Å². The summed E-state index contributed by atoms with van der Waals surface area (Å²) in [6.07, 6.45) is 7.73. The highest BCUT2D eigenvalue weighted by molar-refractivity contribution is 5.91. The average molecular weight is 530 g/mol. The molecule has 2 amide bonds. The maximum absolute atomic E-state index is 14.2. The number of ether oxygens (including phenoxy) is 3. The van der Waals surface area contributed by atoms with E-state index < -0.39 is 12.1 Å². The van der Waals surface area contributed by atoms with Gasteiger partial charge in [-0.05, 0) is 61.2 Å². The van der Waals surface area contributed by atoms with Crippen LogP contribution >= 0.6 is 0 Å². The Hall–Kier alpha value is -4.07. The van der Waals surface area contributed by atoms with Gasteiger partial charge in [0.1, 0.15) is 18.4 Å². The molecule has 5 rings (SSSR count). The molecule has 3 aromatic rings. The zero-order valence-corrected chi connectivity index (χ0v) is 22.3. The van der Waals surface area contributed by atoms with E-state index >= 15 is 0 Å². The second-order valence-electron chi connectivity index (χ2n) is 9.94. The fourth-order valence-corrected chi connectivity index (χ4v) is 5.22. The minimum atomic E-state index is -0.899. The number of nitrogens with one attached hydrogen (secondary N) is 1. The van der Waals surface area contributed by atoms with E-state index in [0.29, 0.717) is 29.4 Å². The molecule has 204 valence electrons. The van der Waals surface area contributed by atoms with Gasteiger partial charge in [0.2, 0.25) is 12.0 Å². The minimum Gasteiger partial charge on any atom is -0.494 e. The molecule has 2 heterocycles. The zero-order valence-electron chi connectivity index (χ0n) is 22.3. The van der Waals surface area contributed by atoms with E-state index in [0.717, 1.165) is 31.2 Å². The number of pyridine rings is 1. The van der Waals surface area contributed by atoms with Crippen molar-refractivity contribution >= 4 is 11.8 Å². The summed E-state index contributed by atoms with van der Waals surface area (Å²) in [6.45, 7) is 2.70. The molecule has 2 aromatic carbocycles. The largest absolute Gasteiger partial charge is 0.494 e. The molecular weight excluding hydrogens is 494 g/mol. The van der Waals surface area contributed by atoms with Crippen molar-refractivity contribution in [1.29, 1.82) is 0 Å². The van der Waals surface area contributed by atoms with E-state index in [9.17, 15) is 9.59 Å². The Morgan fingerprint density at radius 2 is 1.79 bits per heavy atom. The van der Waals surface area contributed by atoms with Crippen molar-refractivity contribution in [2.24, 2.45) is 0 Å². The molecule has 2 aliphatic rings. The third kappa shape index (κ3) is 6.50. The lowest BCUT2D eigenvalue weighted by atomic mass is 9.94. The summed E-state index contributed by atoms with van der Waals surface area (Å²) in [5.41, 5.74) is 1.51. The molecule has 1 N–H and O–H groups in total. The van der Waals surface area contributed by atoms with Crippen molar-refractivity contribution in [3.63, 3.8) is 0 Å². The van der Waals surface area contributed by atoms with Gasteiger partial charge in [-0.3, -0.25) is 14.6 Å². The number of carbonyl (C=O) groups excluding carboxylic acids is 2. The van der Waals surface area contributed by atoms with Crippen molar-refractivity contribution in [1.82, 2.24) is 15.2 Å². The maximum Gasteiger partial charge on any atom is 0.268 e. The van der Waals surface area contributed by atoms with Crippen LogP contribution in [0.5, 0.6) is 17.2 Å². The van der Waals surface area contributed by atoms with Crippen LogP contribution in [0.15, 0.2) is 73.1 Å². The molecule has 1 saturated carbocycles. The molecule has 0 radical (unpaired) electrons. The highest BCUT2D eigenvalue weighted by Crippen LogP contribution is 2.33. The van der Waals surface area contributed by atoms with Gasteiger partial charge in [0.05, 0.1) is 6.61 Å². The van der Waals surface area contributed by atoms with Gasteiger partial charge in [0.25, 0.3) is 5.91 Å². The van der Waals surface area contributed by atoms with Crippen molar-refractivity contribution in [3.05, 3.63) is 84.2 Å². The first-order valence-corrected chi connectivity index (χ1v) is 13.7. The van der Waals surface area contributed by atoms with Gasteiger partial charge in [-0.2, -0.15) is 0 Å². The Balaban J connectivity index is 1.49. The molecule has 39 heavy (non-hydrogen) atoms. The Kier molecular flexibility index (Phi) is 8.61. The zero-order chi connectivity index (χ0) is 27.0. The average Bonchev–Trinajstić information content (AvgIpc) is 2.98. The van der Waals surface area contributed by atoms with E-state index in [4.69, 9.17) is 14.2 Å². The fraction of sp³-hybridized carbons (Fsp3) is 0.387. The lowest BCUT2D eigenvalue weighted by Crippen LogP contribution is -2.52. The van der Waals surface area contributed by atoms with E-state index in [1.54, 1.807) is 23.4 Å². The number of nitrogens with zero attached hydrogens (tertiary/aromatic N) is 2. The number of para-hydroxylation sites is 2. The molecule has 1 aliphatic heterocycles. The molecule has 0 saturated heterocycles. The van der Waals surface area contributed by atoms with Gasteiger partial charge in [-0.15, -0.1) is 0 Å². The van der Waals surface area contributed by atoms with Crippen LogP contribution in [0.25, 0.3) is 0 Å². The monoisotopic (exact) mass is 529 g/mol. The van der Waals surface area contributed by atoms with E-state index in [2.05, 4.69) is 10.3 Å². The fourth-order valence-electron chi connectivity index (χ4n) is 5.22. The minimum absolute atomic E-state index is 0.0552. The highest BCUT2D eigenvalue weighted by Gasteiger charge is 2.39. The molecule has 0 spiro atoms. The summed E-state index contributed by atoms with van der Waals surface area (Å²) in [7, 11) is 0. The second kappa shape index (κ2) is 12.7. The third-order valence-electron chi connectivity index (χ3n) is 7.16. The lowest BCUT2D eigenvalue weighted by molar-refractivity contribution is -0.149. The molecule has 1 fully saturated rings. The standard InChI is InChI=1S/C31H35N3O5/c1-2-37-25-16-14-23(15-17-25)29(30(35)33-24-10-4-3-5-11-24)34(20-22-9-8-18-32-19-22)31(36)28-21-38-26-12-6-7-13-27(26)39-28/h6-9,12-19,24,28-29H,2-5,10-11,20-21H2,1H3,(H,33,35)/t28-,29+/m1/s1. The van der Waals surface area contributed by atoms with Gasteiger partial charge >= 0.3 is 0 Å². The van der Waals surface area contributed by atoms with E-state index in [1.165, 1.54) is 6.42 Å². The first-order chi connectivity index (χ1) is 19.1. The Morgan fingerprint density at radius 1 is 1.03 bits per heavy atom. The molecule has 8 nitrogen and oxygen atoms in total. The lowest BCUT2D eigenvalue weighted by Gasteiger charge is -2.36. The molecule has 8 heteroatoms. The summed E-state index contributed by atoms with van der Waals surface area (Å²) < 4.78 is 17.6. The normalized spacial score (nSPS) is 17.6. The predicted molar refractivity (Wildman–Crippen MR) is 147 cm³/mol. The molecular formula is C31H35N3O5. The summed E-state index contributed by atoms with van der Waals surface area (Å²) in [4.78, 5) is 34.0. The number of rotatable bonds is 9. The highest BCUT2D eigenvalue weighted by atomic mass is 16.6. The molecule has 2 atom stereocenters. The van der Waals surface area contributed by atoms with Crippen molar-refractivity contribution in [2.75, 3.05) is 13.2 Å². The topological polar surface area (TPSA) is 90.0 Å². The number of benzene rings is 2. The Bertz CT molecular complexity index is 1240. The molecule has 0 unspecified atom stereocenters. The Morgan fingerprint density at radius 3 is 2.51 bits per heavy atom. The summed E-state index contributed by atoms with van der Waals surface area (Å²) >= 11 is 0. The molecule has 1 aromatic heterocycles. The van der Waals surface area contributed by atoms with Crippen LogP contribution in [0, 0.1) is 0 Å². The first-order valence-electron chi connectivity index (χ1n) is 13.7. The summed E-state index contributed by atoms with van der Waals surface area (Å²) in [5, 5.41) is 3.25. The van der Waals surface area contributed by atoms with E-state index in [1.807, 2.05) is 61.5 Å². The summed E-state index contributed by atoms with van der Waals surface area (Å²) in [5.74, 6) is 1.27. The van der Waals surface area contributed by atoms with Crippen molar-refractivity contribution in [2.45, 2.75) is 63.8 Å². The SMILES string of the molecule is CCOc1ccc([C@@H](C(=O)NC2CCCCC2)N(Cc2cccnc2)C(=O)[C@H]2COc3ccccc3O2)cc1. The number of amides is 2. The summed E-state index contributed by atoms with van der Waals surface area (Å²) in [6, 6.07) is 17.6. The molecule has 1 aliphatic carbocycles. The van der Waals surface area contributed by atoms with Gasteiger partial charge < -0.3 is 24.4 Å². The van der Waals surface area contributed by atoms with Gasteiger partial charge in [-0.1, -0.05) is 49.6 Å². The number of fused-ring (bicyclic) bond motifs is 1. The van der Waals surface area contributed by atoms with Crippen LogP contribution in [-0.2, 0) is 16.1 Å². The quantitative estimate of drug-likeness (QED) is 0.427. The molecule has 0 bridgehead atoms. The number of carbonyl (C=O) groups is 2. The van der Waals surface area contributed by atoms with Gasteiger partial charge in [0, 0.05) is 25.0 Å². The van der Waals surface area contributed by atoms with E-state index in [-0.39, 0.29) is 31.0 Å². The van der Waals surface area contributed by atoms with Crippen LogP contribution in [0.4, 0.5) is 0 Å². The van der Waals surface area contributed by atoms with Crippen molar-refractivity contribution < 1.29 is 23.8 Å². The van der Waals surface area contributed by atoms with Crippen LogP contribution < -0.4 is 19.5 Å². The van der Waals surface area contributed by atoms with Crippen LogP contribution in [0.3, 0.4) is 0 Å². The maximum atomic E-state index is 14.2. The first kappa shape index (κ1) is 26.5. The predicted octanol–water partition coefficient (Wildman–Crippen LogP) is 4.84. The smallest absolute Gasteiger partial charge is 0.268 e. The van der Waals surface area contributed by atoms with Gasteiger partial charge in [-0.25, -0.2) is 0 Å². The second-order valence-corrected chi connectivity index (χ2v) is 9.94. The number of hydrogen-bond donors (Lipinski definition) is 1. The van der Waals surface area contributed by atoms with Crippen molar-refractivity contribution in [3.8, 4) is 17.2 Å². The third-order valence-corrected chi connectivity index (χ3v) is 7.16. The number of hydrogen-bond acceptors (Lipinski definition) is 6. The number of aromatic nitrogens is 1. The van der Waals surface area contributed by atoms with Crippen LogP contribution in [0.1, 0.15) is 56.2 Å².